The van der Waals surface area contributed by atoms with Crippen LogP contribution in [0.3, 0.4) is 0 Å². The minimum atomic E-state index is 0.570. The molecule has 0 unspecified atom stereocenters. The van der Waals surface area contributed by atoms with Crippen LogP contribution >= 0.6 is 0 Å². The zero-order valence-electron chi connectivity index (χ0n) is 22.5. The Hall–Kier alpha value is -4.58. The van der Waals surface area contributed by atoms with Gasteiger partial charge >= 0.3 is 0 Å². The van der Waals surface area contributed by atoms with Gasteiger partial charge in [-0.1, -0.05) is 60.7 Å². The Kier molecular flexibility index (Phi) is 8.44. The van der Waals surface area contributed by atoms with Crippen molar-refractivity contribution in [2.24, 2.45) is 0 Å². The van der Waals surface area contributed by atoms with Gasteiger partial charge in [0.1, 0.15) is 0 Å². The van der Waals surface area contributed by atoms with Crippen LogP contribution in [-0.4, -0.2) is 42.7 Å². The van der Waals surface area contributed by atoms with Crippen molar-refractivity contribution in [3.05, 3.63) is 82.9 Å². The Morgan fingerprint density at radius 1 is 0.421 bits per heavy atom. The van der Waals surface area contributed by atoms with Gasteiger partial charge in [0.25, 0.3) is 0 Å². The van der Waals surface area contributed by atoms with Gasteiger partial charge in [0.15, 0.2) is 23.0 Å². The SMILES string of the molecule is COc1cc(C=Cc2ccc(C=Cc3cc(OC)c(OC)c(OC)c3)c3ccccc23)cc(OC)c1OC. The van der Waals surface area contributed by atoms with Crippen molar-refractivity contribution >= 4 is 35.1 Å². The van der Waals surface area contributed by atoms with Gasteiger partial charge in [-0.05, 0) is 57.3 Å². The van der Waals surface area contributed by atoms with E-state index >= 15 is 0 Å². The number of hydrogen-bond donors (Lipinski definition) is 0. The van der Waals surface area contributed by atoms with Crippen molar-refractivity contribution in [3.63, 3.8) is 0 Å². The largest absolute Gasteiger partial charge is 0.493 e. The summed E-state index contributed by atoms with van der Waals surface area (Å²) in [7, 11) is 9.65. The van der Waals surface area contributed by atoms with E-state index < -0.39 is 0 Å². The average Bonchev–Trinajstić information content (AvgIpc) is 2.97. The molecule has 6 heteroatoms. The molecule has 4 aromatic rings. The number of benzene rings is 4. The fraction of sp³-hybridized carbons (Fsp3) is 0.188. The minimum absolute atomic E-state index is 0.570. The number of methoxy groups -OCH3 is 6. The topological polar surface area (TPSA) is 55.4 Å². The standard InChI is InChI=1S/C32H32O6/c1-33-27-17-21(18-28(34-2)31(27)37-5)11-13-23-15-16-24(26-10-8-7-9-25(23)26)14-12-22-19-29(35-3)32(38-6)30(20-22)36-4/h7-20H,1-6H3. The minimum Gasteiger partial charge on any atom is -0.493 e. The van der Waals surface area contributed by atoms with E-state index in [1.807, 2.05) is 48.6 Å². The highest BCUT2D eigenvalue weighted by molar-refractivity contribution is 5.99. The Morgan fingerprint density at radius 3 is 1.05 bits per heavy atom. The van der Waals surface area contributed by atoms with Crippen LogP contribution in [0.2, 0.25) is 0 Å². The Bertz CT molecular complexity index is 1320. The first-order chi connectivity index (χ1) is 18.6. The van der Waals surface area contributed by atoms with E-state index in [-0.39, 0.29) is 0 Å². The first-order valence-corrected chi connectivity index (χ1v) is 12.0. The molecule has 6 nitrogen and oxygen atoms in total. The van der Waals surface area contributed by atoms with Crippen LogP contribution in [0, 0.1) is 0 Å². The van der Waals surface area contributed by atoms with E-state index in [4.69, 9.17) is 28.4 Å². The zero-order valence-corrected chi connectivity index (χ0v) is 22.5. The number of fused-ring (bicyclic) bond motifs is 1. The molecule has 0 radical (unpaired) electrons. The van der Waals surface area contributed by atoms with Crippen molar-refractivity contribution in [1.82, 2.24) is 0 Å². The summed E-state index contributed by atoms with van der Waals surface area (Å²) in [4.78, 5) is 0. The monoisotopic (exact) mass is 512 g/mol. The molecule has 4 rings (SSSR count). The molecular weight excluding hydrogens is 480 g/mol. The summed E-state index contributed by atoms with van der Waals surface area (Å²) in [6, 6.07) is 20.3. The predicted molar refractivity (Wildman–Crippen MR) is 154 cm³/mol. The summed E-state index contributed by atoms with van der Waals surface area (Å²) in [5, 5.41) is 2.28. The lowest BCUT2D eigenvalue weighted by atomic mass is 9.98. The van der Waals surface area contributed by atoms with Crippen LogP contribution in [0.15, 0.2) is 60.7 Å². The number of rotatable bonds is 10. The molecule has 0 saturated heterocycles. The molecule has 196 valence electrons. The van der Waals surface area contributed by atoms with Crippen molar-refractivity contribution in [3.8, 4) is 34.5 Å². The lowest BCUT2D eigenvalue weighted by molar-refractivity contribution is 0.324. The third-order valence-corrected chi connectivity index (χ3v) is 6.28. The van der Waals surface area contributed by atoms with Gasteiger partial charge in [-0.25, -0.2) is 0 Å². The fourth-order valence-electron chi connectivity index (χ4n) is 4.40. The summed E-state index contributed by atoms with van der Waals surface area (Å²) in [6.07, 6.45) is 8.26. The maximum absolute atomic E-state index is 5.49. The number of ether oxygens (including phenoxy) is 6. The van der Waals surface area contributed by atoms with Crippen LogP contribution in [0.25, 0.3) is 35.1 Å². The third-order valence-electron chi connectivity index (χ3n) is 6.28. The van der Waals surface area contributed by atoms with Gasteiger partial charge in [-0.2, -0.15) is 0 Å². The first-order valence-electron chi connectivity index (χ1n) is 12.0. The molecule has 38 heavy (non-hydrogen) atoms. The summed E-state index contributed by atoms with van der Waals surface area (Å²) >= 11 is 0. The molecule has 4 aromatic carbocycles. The molecule has 0 bridgehead atoms. The zero-order chi connectivity index (χ0) is 27.1. The maximum Gasteiger partial charge on any atom is 0.203 e. The van der Waals surface area contributed by atoms with E-state index in [9.17, 15) is 0 Å². The van der Waals surface area contributed by atoms with Gasteiger partial charge in [0.2, 0.25) is 11.5 Å². The van der Waals surface area contributed by atoms with E-state index in [0.717, 1.165) is 33.0 Å². The second kappa shape index (κ2) is 12.1. The first kappa shape index (κ1) is 26.5. The molecule has 0 heterocycles. The second-order valence-corrected chi connectivity index (χ2v) is 8.37. The van der Waals surface area contributed by atoms with Crippen LogP contribution in [0.1, 0.15) is 22.3 Å². The average molecular weight is 513 g/mol. The Labute approximate surface area is 223 Å². The van der Waals surface area contributed by atoms with Crippen molar-refractivity contribution in [2.75, 3.05) is 42.7 Å². The van der Waals surface area contributed by atoms with Crippen LogP contribution in [0.5, 0.6) is 34.5 Å². The van der Waals surface area contributed by atoms with E-state index in [0.29, 0.717) is 34.5 Å². The van der Waals surface area contributed by atoms with Gasteiger partial charge in [0.05, 0.1) is 42.7 Å². The molecule has 0 aliphatic carbocycles. The summed E-state index contributed by atoms with van der Waals surface area (Å²) in [6.45, 7) is 0. The number of hydrogen-bond acceptors (Lipinski definition) is 6. The summed E-state index contributed by atoms with van der Waals surface area (Å²) < 4.78 is 32.9. The van der Waals surface area contributed by atoms with Crippen LogP contribution in [0.4, 0.5) is 0 Å². The van der Waals surface area contributed by atoms with E-state index in [2.05, 4.69) is 36.4 Å². The molecule has 0 aliphatic rings. The molecule has 0 spiro atoms. The molecular formula is C32H32O6. The van der Waals surface area contributed by atoms with E-state index in [1.165, 1.54) is 0 Å². The normalized spacial score (nSPS) is 11.2. The molecule has 0 amide bonds. The highest BCUT2D eigenvalue weighted by Crippen LogP contribution is 2.40. The Morgan fingerprint density at radius 2 is 0.763 bits per heavy atom. The van der Waals surface area contributed by atoms with Crippen molar-refractivity contribution in [1.29, 1.82) is 0 Å². The van der Waals surface area contributed by atoms with Gasteiger partial charge in [0, 0.05) is 0 Å². The Balaban J connectivity index is 1.70. The highest BCUT2D eigenvalue weighted by atomic mass is 16.5. The second-order valence-electron chi connectivity index (χ2n) is 8.37. The van der Waals surface area contributed by atoms with Gasteiger partial charge < -0.3 is 28.4 Å². The summed E-state index contributed by atoms with van der Waals surface area (Å²) in [5.41, 5.74) is 4.07. The molecule has 0 saturated carbocycles. The predicted octanol–water partition coefficient (Wildman–Crippen LogP) is 7.23. The maximum atomic E-state index is 5.49. The highest BCUT2D eigenvalue weighted by Gasteiger charge is 2.13. The van der Waals surface area contributed by atoms with Gasteiger partial charge in [-0.15, -0.1) is 0 Å². The van der Waals surface area contributed by atoms with Gasteiger partial charge in [-0.3, -0.25) is 0 Å². The molecule has 0 N–H and O–H groups in total. The fourth-order valence-corrected chi connectivity index (χ4v) is 4.40. The molecule has 0 fully saturated rings. The van der Waals surface area contributed by atoms with Crippen LogP contribution in [-0.2, 0) is 0 Å². The summed E-state index contributed by atoms with van der Waals surface area (Å²) in [5.74, 6) is 3.60. The van der Waals surface area contributed by atoms with Crippen LogP contribution < -0.4 is 28.4 Å². The van der Waals surface area contributed by atoms with E-state index in [1.54, 1.807) is 42.7 Å². The van der Waals surface area contributed by atoms with Crippen molar-refractivity contribution < 1.29 is 28.4 Å². The lowest BCUT2D eigenvalue weighted by Gasteiger charge is -2.13. The third kappa shape index (κ3) is 5.39. The van der Waals surface area contributed by atoms with Crippen molar-refractivity contribution in [2.45, 2.75) is 0 Å². The quantitative estimate of drug-likeness (QED) is 0.209. The molecule has 0 atom stereocenters. The smallest absolute Gasteiger partial charge is 0.203 e. The lowest BCUT2D eigenvalue weighted by Crippen LogP contribution is -1.95. The molecule has 0 aliphatic heterocycles. The molecule has 0 aromatic heterocycles.